The van der Waals surface area contributed by atoms with Crippen LogP contribution < -0.4 is 0 Å². The van der Waals surface area contributed by atoms with Crippen molar-refractivity contribution in [2.24, 2.45) is 5.10 Å². The number of pyridine rings is 2. The number of hydrazone groups is 1. The van der Waals surface area contributed by atoms with Gasteiger partial charge in [-0.3, -0.25) is 9.38 Å². The molecule has 0 spiro atoms. The minimum atomic E-state index is -4.51. The van der Waals surface area contributed by atoms with Crippen LogP contribution in [0.25, 0.3) is 16.8 Å². The zero-order valence-corrected chi connectivity index (χ0v) is 16.5. The second kappa shape index (κ2) is 7.64. The number of rotatable bonds is 5. The normalized spacial score (nSPS) is 12.0. The molecular weight excluding hydrogens is 412 g/mol. The van der Waals surface area contributed by atoms with Crippen molar-refractivity contribution in [1.82, 2.24) is 18.8 Å². The van der Waals surface area contributed by atoms with Gasteiger partial charge in [0.05, 0.1) is 18.1 Å². The molecule has 1 aromatic carbocycles. The van der Waals surface area contributed by atoms with Crippen molar-refractivity contribution in [3.8, 4) is 11.1 Å². The summed E-state index contributed by atoms with van der Waals surface area (Å²) in [5.74, 6) is -2.37. The van der Waals surface area contributed by atoms with Gasteiger partial charge in [-0.05, 0) is 30.3 Å². The van der Waals surface area contributed by atoms with Crippen LogP contribution in [0.1, 0.15) is 5.69 Å². The van der Waals surface area contributed by atoms with Gasteiger partial charge in [-0.25, -0.2) is 13.8 Å². The van der Waals surface area contributed by atoms with E-state index in [1.165, 1.54) is 12.4 Å². The Morgan fingerprint density at radius 1 is 1.03 bits per heavy atom. The molecular formula is C20H15F2N5O2S. The third-order valence-corrected chi connectivity index (χ3v) is 6.10. The fraction of sp³-hybridized carbons (Fsp3) is 0.0500. The molecule has 0 aliphatic rings. The molecule has 0 unspecified atom stereocenters. The number of sulfonamides is 1. The van der Waals surface area contributed by atoms with Crippen LogP contribution in [0, 0.1) is 11.6 Å². The van der Waals surface area contributed by atoms with Crippen LogP contribution in [-0.4, -0.2) is 40.5 Å². The largest absolute Gasteiger partial charge is 0.298 e. The van der Waals surface area contributed by atoms with E-state index in [4.69, 9.17) is 0 Å². The Bertz CT molecular complexity index is 1330. The maximum absolute atomic E-state index is 13.9. The van der Waals surface area contributed by atoms with Gasteiger partial charge in [0, 0.05) is 36.8 Å². The van der Waals surface area contributed by atoms with Gasteiger partial charge in [0.2, 0.25) is 0 Å². The van der Waals surface area contributed by atoms with Gasteiger partial charge in [-0.1, -0.05) is 12.1 Å². The molecule has 0 aliphatic carbocycles. The first-order chi connectivity index (χ1) is 14.4. The highest BCUT2D eigenvalue weighted by atomic mass is 32.2. The fourth-order valence-electron chi connectivity index (χ4n) is 2.86. The molecule has 0 saturated heterocycles. The lowest BCUT2D eigenvalue weighted by molar-refractivity contribution is 0.465. The maximum atomic E-state index is 13.9. The Hall–Kier alpha value is -3.66. The SMILES string of the molecule is CN(N=Cc1cnc2ccc(-c3cccnc3)cn12)S(=O)(=O)c1c(F)cccc1F. The van der Waals surface area contributed by atoms with Crippen LogP contribution in [0.2, 0.25) is 0 Å². The van der Waals surface area contributed by atoms with Crippen molar-refractivity contribution < 1.29 is 17.2 Å². The van der Waals surface area contributed by atoms with Gasteiger partial charge in [0.1, 0.15) is 17.3 Å². The fourth-order valence-corrected chi connectivity index (χ4v) is 3.93. The Balaban J connectivity index is 1.68. The molecule has 152 valence electrons. The van der Waals surface area contributed by atoms with Crippen molar-refractivity contribution >= 4 is 21.9 Å². The summed E-state index contributed by atoms with van der Waals surface area (Å²) >= 11 is 0. The second-order valence-corrected chi connectivity index (χ2v) is 8.19. The van der Waals surface area contributed by atoms with E-state index in [0.717, 1.165) is 36.4 Å². The van der Waals surface area contributed by atoms with Crippen molar-refractivity contribution in [2.75, 3.05) is 7.05 Å². The number of halogens is 2. The average Bonchev–Trinajstić information content (AvgIpc) is 3.14. The average molecular weight is 427 g/mol. The molecule has 0 radical (unpaired) electrons. The summed E-state index contributed by atoms with van der Waals surface area (Å²) in [6, 6.07) is 10.2. The lowest BCUT2D eigenvalue weighted by Crippen LogP contribution is -2.24. The Morgan fingerprint density at radius 2 is 1.80 bits per heavy atom. The van der Waals surface area contributed by atoms with Crippen molar-refractivity contribution in [2.45, 2.75) is 4.90 Å². The van der Waals surface area contributed by atoms with Crippen LogP contribution in [0.15, 0.2) is 77.2 Å². The smallest absolute Gasteiger partial charge is 0.284 e. The number of hydrogen-bond acceptors (Lipinski definition) is 5. The van der Waals surface area contributed by atoms with E-state index < -0.39 is 26.6 Å². The topological polar surface area (TPSA) is 79.9 Å². The van der Waals surface area contributed by atoms with E-state index in [0.29, 0.717) is 15.8 Å². The third-order valence-electron chi connectivity index (χ3n) is 4.41. The van der Waals surface area contributed by atoms with E-state index in [2.05, 4.69) is 15.1 Å². The number of imidazole rings is 1. The molecule has 0 fully saturated rings. The van der Waals surface area contributed by atoms with Crippen LogP contribution >= 0.6 is 0 Å². The zero-order chi connectivity index (χ0) is 21.3. The van der Waals surface area contributed by atoms with Crippen molar-refractivity contribution in [3.05, 3.63) is 84.6 Å². The molecule has 4 rings (SSSR count). The predicted molar refractivity (Wildman–Crippen MR) is 107 cm³/mol. The molecule has 0 bridgehead atoms. The van der Waals surface area contributed by atoms with Gasteiger partial charge in [-0.2, -0.15) is 17.9 Å². The van der Waals surface area contributed by atoms with Gasteiger partial charge in [0.25, 0.3) is 10.0 Å². The molecule has 30 heavy (non-hydrogen) atoms. The summed E-state index contributed by atoms with van der Waals surface area (Å²) in [6.07, 6.45) is 7.96. The molecule has 7 nitrogen and oxygen atoms in total. The Kier molecular flexibility index (Phi) is 5.00. The zero-order valence-electron chi connectivity index (χ0n) is 15.6. The maximum Gasteiger partial charge on any atom is 0.284 e. The highest BCUT2D eigenvalue weighted by Gasteiger charge is 2.27. The monoisotopic (exact) mass is 427 g/mol. The molecule has 0 aliphatic heterocycles. The third kappa shape index (κ3) is 3.52. The lowest BCUT2D eigenvalue weighted by atomic mass is 10.1. The van der Waals surface area contributed by atoms with Crippen LogP contribution in [0.5, 0.6) is 0 Å². The first kappa shape index (κ1) is 19.6. The molecule has 3 heterocycles. The van der Waals surface area contributed by atoms with Crippen LogP contribution in [0.4, 0.5) is 8.78 Å². The van der Waals surface area contributed by atoms with Gasteiger partial charge in [-0.15, -0.1) is 0 Å². The Morgan fingerprint density at radius 3 is 2.50 bits per heavy atom. The van der Waals surface area contributed by atoms with Crippen LogP contribution in [-0.2, 0) is 10.0 Å². The summed E-state index contributed by atoms with van der Waals surface area (Å²) in [4.78, 5) is 7.29. The van der Waals surface area contributed by atoms with Crippen molar-refractivity contribution in [3.63, 3.8) is 0 Å². The van der Waals surface area contributed by atoms with E-state index >= 15 is 0 Å². The number of aromatic nitrogens is 3. The van der Waals surface area contributed by atoms with Gasteiger partial charge in [0.15, 0.2) is 4.90 Å². The molecule has 3 aromatic heterocycles. The minimum absolute atomic E-state index is 0.479. The minimum Gasteiger partial charge on any atom is -0.298 e. The summed E-state index contributed by atoms with van der Waals surface area (Å²) in [7, 11) is -3.41. The van der Waals surface area contributed by atoms with E-state index in [1.807, 2.05) is 24.4 Å². The molecule has 0 N–H and O–H groups in total. The lowest BCUT2D eigenvalue weighted by Gasteiger charge is -2.14. The first-order valence-corrected chi connectivity index (χ1v) is 10.2. The Labute approximate surface area is 171 Å². The summed E-state index contributed by atoms with van der Waals surface area (Å²) in [6.45, 7) is 0. The van der Waals surface area contributed by atoms with Crippen LogP contribution in [0.3, 0.4) is 0 Å². The van der Waals surface area contributed by atoms with E-state index in [9.17, 15) is 17.2 Å². The molecule has 4 aromatic rings. The highest BCUT2D eigenvalue weighted by Crippen LogP contribution is 2.22. The number of fused-ring (bicyclic) bond motifs is 1. The predicted octanol–water partition coefficient (Wildman–Crippen LogP) is 3.33. The highest BCUT2D eigenvalue weighted by molar-refractivity contribution is 7.89. The summed E-state index contributed by atoms with van der Waals surface area (Å²) in [5.41, 5.74) is 2.87. The first-order valence-electron chi connectivity index (χ1n) is 8.72. The summed E-state index contributed by atoms with van der Waals surface area (Å²) < 4.78 is 55.1. The molecule has 0 amide bonds. The molecule has 10 heteroatoms. The van der Waals surface area contributed by atoms with Gasteiger partial charge < -0.3 is 0 Å². The number of hydrogen-bond donors (Lipinski definition) is 0. The second-order valence-electron chi connectivity index (χ2n) is 6.31. The quantitative estimate of drug-likeness (QED) is 0.362. The summed E-state index contributed by atoms with van der Waals surface area (Å²) in [5, 5.41) is 3.86. The van der Waals surface area contributed by atoms with Gasteiger partial charge >= 0.3 is 0 Å². The molecule has 0 saturated carbocycles. The standard InChI is InChI=1S/C20H15F2N5O2S/c1-26(30(28,29)20-17(21)5-2-6-18(20)22)25-12-16-11-24-19-8-7-15(13-27(16)19)14-4-3-9-23-10-14/h2-13H,1H3. The number of nitrogens with zero attached hydrogens (tertiary/aromatic N) is 5. The molecule has 0 atom stereocenters. The van der Waals surface area contributed by atoms with E-state index in [1.54, 1.807) is 22.9 Å². The number of benzene rings is 1. The van der Waals surface area contributed by atoms with Crippen molar-refractivity contribution in [1.29, 1.82) is 0 Å². The van der Waals surface area contributed by atoms with E-state index in [-0.39, 0.29) is 0 Å².